The summed E-state index contributed by atoms with van der Waals surface area (Å²) >= 11 is 1.55. The minimum atomic E-state index is -1.27. The van der Waals surface area contributed by atoms with Gasteiger partial charge in [0.15, 0.2) is 0 Å². The van der Waals surface area contributed by atoms with Crippen molar-refractivity contribution in [3.05, 3.63) is 72.3 Å². The fourth-order valence-electron chi connectivity index (χ4n) is 3.90. The predicted molar refractivity (Wildman–Crippen MR) is 149 cm³/mol. The van der Waals surface area contributed by atoms with Crippen molar-refractivity contribution in [1.82, 2.24) is 35.9 Å². The molecule has 0 fully saturated rings. The van der Waals surface area contributed by atoms with Crippen LogP contribution in [0.2, 0.25) is 0 Å². The molecule has 1 aromatic carbocycles. The van der Waals surface area contributed by atoms with Crippen LogP contribution in [-0.2, 0) is 38.4 Å². The van der Waals surface area contributed by atoms with Crippen LogP contribution in [-0.4, -0.2) is 84.9 Å². The number of H-pyrrole nitrogens is 2. The van der Waals surface area contributed by atoms with Gasteiger partial charge in [0.25, 0.3) is 0 Å². The third kappa shape index (κ3) is 9.54. The third-order valence-electron chi connectivity index (χ3n) is 6.09. The zero-order valence-corrected chi connectivity index (χ0v) is 22.8. The van der Waals surface area contributed by atoms with Crippen molar-refractivity contribution in [1.29, 1.82) is 0 Å². The van der Waals surface area contributed by atoms with Crippen molar-refractivity contribution >= 4 is 35.5 Å². The highest BCUT2D eigenvalue weighted by Crippen LogP contribution is 2.08. The number of benzene rings is 1. The summed E-state index contributed by atoms with van der Waals surface area (Å²) in [6.07, 6.45) is 8.33. The molecule has 0 bridgehead atoms. The number of rotatable bonds is 16. The predicted octanol–water partition coefficient (Wildman–Crippen LogP) is -0.220. The van der Waals surface area contributed by atoms with Crippen LogP contribution < -0.4 is 21.7 Å². The molecule has 0 spiro atoms. The SMILES string of the molecule is CSCCC(N)C(=O)NC(Cc1cnc[nH]1)C(=O)NC(Cc1ccccc1)C(=O)NC(Cc1cnc[nH]1)C(=O)O. The summed E-state index contributed by atoms with van der Waals surface area (Å²) in [4.78, 5) is 65.1. The number of hydrogen-bond acceptors (Lipinski definition) is 8. The molecule has 4 atom stereocenters. The number of imidazole rings is 2. The van der Waals surface area contributed by atoms with Gasteiger partial charge in [0, 0.05) is 43.0 Å². The Morgan fingerprint density at radius 1 is 0.850 bits per heavy atom. The number of aromatic nitrogens is 4. The number of nitrogens with one attached hydrogen (secondary N) is 5. The summed E-state index contributed by atoms with van der Waals surface area (Å²) in [7, 11) is 0. The topological polar surface area (TPSA) is 208 Å². The molecule has 4 unspecified atom stereocenters. The first-order chi connectivity index (χ1) is 19.3. The number of carbonyl (C=O) groups is 4. The van der Waals surface area contributed by atoms with Crippen LogP contribution in [0.5, 0.6) is 0 Å². The quantitative estimate of drug-likeness (QED) is 0.121. The van der Waals surface area contributed by atoms with Gasteiger partial charge in [0.05, 0.1) is 18.7 Å². The van der Waals surface area contributed by atoms with Crippen LogP contribution in [0.1, 0.15) is 23.4 Å². The molecule has 0 aliphatic rings. The number of aliphatic carboxylic acids is 1. The molecule has 3 aromatic rings. The number of thioether (sulfide) groups is 1. The molecule has 0 aliphatic carbocycles. The van der Waals surface area contributed by atoms with E-state index in [0.29, 0.717) is 23.6 Å². The summed E-state index contributed by atoms with van der Waals surface area (Å²) in [5.41, 5.74) is 7.87. The molecule has 13 nitrogen and oxygen atoms in total. The Labute approximate surface area is 235 Å². The number of aromatic amines is 2. The minimum Gasteiger partial charge on any atom is -0.480 e. The zero-order chi connectivity index (χ0) is 28.9. The van der Waals surface area contributed by atoms with Gasteiger partial charge in [-0.05, 0) is 24.0 Å². The summed E-state index contributed by atoms with van der Waals surface area (Å²) < 4.78 is 0. The molecule has 0 saturated heterocycles. The Hall–Kier alpha value is -4.17. The lowest BCUT2D eigenvalue weighted by atomic mass is 10.0. The number of carboxylic acid groups (broad SMARTS) is 1. The van der Waals surface area contributed by atoms with Gasteiger partial charge in [-0.25, -0.2) is 14.8 Å². The first-order valence-electron chi connectivity index (χ1n) is 12.6. The van der Waals surface area contributed by atoms with Crippen molar-refractivity contribution in [2.45, 2.75) is 49.9 Å². The Bertz CT molecular complexity index is 1220. The van der Waals surface area contributed by atoms with Gasteiger partial charge in [0.1, 0.15) is 18.1 Å². The maximum Gasteiger partial charge on any atom is 0.326 e. The molecular weight excluding hydrogens is 536 g/mol. The summed E-state index contributed by atoms with van der Waals surface area (Å²) in [5, 5.41) is 17.6. The van der Waals surface area contributed by atoms with E-state index < -0.39 is 47.9 Å². The first kappa shape index (κ1) is 30.4. The van der Waals surface area contributed by atoms with Crippen LogP contribution in [0, 0.1) is 0 Å². The molecule has 214 valence electrons. The van der Waals surface area contributed by atoms with Crippen LogP contribution >= 0.6 is 11.8 Å². The fraction of sp³-hybridized carbons (Fsp3) is 0.385. The smallest absolute Gasteiger partial charge is 0.326 e. The van der Waals surface area contributed by atoms with E-state index in [9.17, 15) is 24.3 Å². The lowest BCUT2D eigenvalue weighted by Gasteiger charge is -2.25. The number of carbonyl (C=O) groups excluding carboxylic acids is 3. The highest BCUT2D eigenvalue weighted by molar-refractivity contribution is 7.98. The van der Waals surface area contributed by atoms with Gasteiger partial charge in [-0.15, -0.1) is 0 Å². The summed E-state index contributed by atoms with van der Waals surface area (Å²) in [6.45, 7) is 0. The van der Waals surface area contributed by atoms with E-state index in [1.165, 1.54) is 25.0 Å². The standard InChI is InChI=1S/C26H34N8O5S/c1-40-8-7-19(27)23(35)32-21(10-17-12-28-14-30-17)25(37)33-20(9-16-5-3-2-4-6-16)24(36)34-22(26(38)39)11-18-13-29-15-31-18/h2-6,12-15,19-22H,7-11,27H2,1H3,(H,28,30)(H,29,31)(H,32,35)(H,33,37)(H,34,36)(H,38,39). The van der Waals surface area contributed by atoms with E-state index in [1.807, 2.05) is 12.3 Å². The molecule has 8 N–H and O–H groups in total. The monoisotopic (exact) mass is 570 g/mol. The molecule has 3 rings (SSSR count). The molecule has 0 saturated carbocycles. The number of carboxylic acids is 1. The van der Waals surface area contributed by atoms with E-state index >= 15 is 0 Å². The Morgan fingerprint density at radius 3 is 1.90 bits per heavy atom. The van der Waals surface area contributed by atoms with Gasteiger partial charge in [-0.3, -0.25) is 14.4 Å². The number of amides is 3. The maximum atomic E-state index is 13.5. The van der Waals surface area contributed by atoms with Gasteiger partial charge in [-0.1, -0.05) is 30.3 Å². The van der Waals surface area contributed by atoms with Crippen molar-refractivity contribution in [2.75, 3.05) is 12.0 Å². The highest BCUT2D eigenvalue weighted by Gasteiger charge is 2.31. The van der Waals surface area contributed by atoms with E-state index in [0.717, 1.165) is 5.56 Å². The number of nitrogens with two attached hydrogens (primary N) is 1. The lowest BCUT2D eigenvalue weighted by Crippen LogP contribution is -2.58. The van der Waals surface area contributed by atoms with Crippen LogP contribution in [0.3, 0.4) is 0 Å². The average Bonchev–Trinajstić information content (AvgIpc) is 3.65. The van der Waals surface area contributed by atoms with E-state index in [4.69, 9.17) is 5.73 Å². The molecule has 2 heterocycles. The molecule has 14 heteroatoms. The lowest BCUT2D eigenvalue weighted by molar-refractivity contribution is -0.142. The van der Waals surface area contributed by atoms with Crippen molar-refractivity contribution in [3.8, 4) is 0 Å². The molecular formula is C26H34N8O5S. The van der Waals surface area contributed by atoms with E-state index in [2.05, 4.69) is 35.9 Å². The van der Waals surface area contributed by atoms with Gasteiger partial charge >= 0.3 is 5.97 Å². The number of nitrogens with zero attached hydrogens (tertiary/aromatic N) is 2. The Kier molecular flexibility index (Phi) is 11.7. The average molecular weight is 571 g/mol. The molecule has 0 radical (unpaired) electrons. The Morgan fingerprint density at radius 2 is 1.38 bits per heavy atom. The van der Waals surface area contributed by atoms with Crippen molar-refractivity contribution < 1.29 is 24.3 Å². The first-order valence-corrected chi connectivity index (χ1v) is 14.0. The molecule has 40 heavy (non-hydrogen) atoms. The zero-order valence-electron chi connectivity index (χ0n) is 22.0. The summed E-state index contributed by atoms with van der Waals surface area (Å²) in [6, 6.07) is 4.71. The normalized spacial score (nSPS) is 13.9. The maximum absolute atomic E-state index is 13.5. The van der Waals surface area contributed by atoms with Gasteiger partial charge in [-0.2, -0.15) is 11.8 Å². The van der Waals surface area contributed by atoms with E-state index in [1.54, 1.807) is 36.0 Å². The number of hydrogen-bond donors (Lipinski definition) is 7. The second kappa shape index (κ2) is 15.4. The fourth-order valence-corrected chi connectivity index (χ4v) is 4.39. The molecule has 3 amide bonds. The second-order valence-corrected chi connectivity index (χ2v) is 10.1. The second-order valence-electron chi connectivity index (χ2n) is 9.16. The van der Waals surface area contributed by atoms with Crippen LogP contribution in [0.25, 0.3) is 0 Å². The molecule has 0 aliphatic heterocycles. The van der Waals surface area contributed by atoms with Gasteiger partial charge in [0.2, 0.25) is 17.7 Å². The Balaban J connectivity index is 1.79. The molecule has 2 aromatic heterocycles. The van der Waals surface area contributed by atoms with Gasteiger partial charge < -0.3 is 36.8 Å². The van der Waals surface area contributed by atoms with E-state index in [-0.39, 0.29) is 19.3 Å². The van der Waals surface area contributed by atoms with Crippen LogP contribution in [0.15, 0.2) is 55.4 Å². The third-order valence-corrected chi connectivity index (χ3v) is 6.73. The van der Waals surface area contributed by atoms with Crippen molar-refractivity contribution in [3.63, 3.8) is 0 Å². The summed E-state index contributed by atoms with van der Waals surface area (Å²) in [5.74, 6) is -2.38. The largest absolute Gasteiger partial charge is 0.480 e. The highest BCUT2D eigenvalue weighted by atomic mass is 32.2. The van der Waals surface area contributed by atoms with Crippen LogP contribution in [0.4, 0.5) is 0 Å². The minimum absolute atomic E-state index is 0.0283. The van der Waals surface area contributed by atoms with Crippen molar-refractivity contribution in [2.24, 2.45) is 5.73 Å².